The monoisotopic (exact) mass is 265 g/mol. The first-order valence-electron chi connectivity index (χ1n) is 4.91. The molecule has 0 saturated carbocycles. The predicted octanol–water partition coefficient (Wildman–Crippen LogP) is 1.86. The zero-order chi connectivity index (χ0) is 10.8. The third-order valence-corrected chi connectivity index (χ3v) is 3.33. The van der Waals surface area contributed by atoms with Crippen LogP contribution in [0.25, 0.3) is 0 Å². The first kappa shape index (κ1) is 10.5. The Kier molecular flexibility index (Phi) is 2.94. The number of hydrogen-bond donors (Lipinski definition) is 1. The fourth-order valence-corrected chi connectivity index (χ4v) is 2.34. The van der Waals surface area contributed by atoms with Gasteiger partial charge in [-0.2, -0.15) is 5.26 Å². The summed E-state index contributed by atoms with van der Waals surface area (Å²) >= 11 is 3.39. The molecule has 1 atom stereocenters. The molecule has 15 heavy (non-hydrogen) atoms. The van der Waals surface area contributed by atoms with Crippen LogP contribution in [0.3, 0.4) is 0 Å². The van der Waals surface area contributed by atoms with Crippen LogP contribution in [-0.2, 0) is 0 Å². The molecule has 3 nitrogen and oxygen atoms in total. The van der Waals surface area contributed by atoms with Crippen LogP contribution < -0.4 is 10.6 Å². The molecule has 0 radical (unpaired) electrons. The minimum absolute atomic E-state index is 0.232. The molecule has 1 fully saturated rings. The zero-order valence-corrected chi connectivity index (χ0v) is 9.87. The van der Waals surface area contributed by atoms with E-state index >= 15 is 0 Å². The van der Waals surface area contributed by atoms with Crippen LogP contribution in [0.15, 0.2) is 22.7 Å². The second kappa shape index (κ2) is 4.21. The maximum Gasteiger partial charge on any atom is 0.103 e. The van der Waals surface area contributed by atoms with Gasteiger partial charge in [-0.15, -0.1) is 0 Å². The van der Waals surface area contributed by atoms with Gasteiger partial charge in [0.15, 0.2) is 0 Å². The van der Waals surface area contributed by atoms with Crippen LogP contribution in [0.2, 0.25) is 0 Å². The SMILES string of the molecule is N#Cc1c(Br)cccc1N1CC[C@@H](N)C1. The van der Waals surface area contributed by atoms with E-state index in [9.17, 15) is 0 Å². The lowest BCUT2D eigenvalue weighted by molar-refractivity contribution is 0.752. The van der Waals surface area contributed by atoms with E-state index in [1.807, 2.05) is 18.2 Å². The highest BCUT2D eigenvalue weighted by Gasteiger charge is 2.21. The van der Waals surface area contributed by atoms with E-state index < -0.39 is 0 Å². The van der Waals surface area contributed by atoms with Gasteiger partial charge in [0.2, 0.25) is 0 Å². The molecule has 0 unspecified atom stereocenters. The molecular formula is C11H12BrN3. The molecule has 0 aliphatic carbocycles. The fourth-order valence-electron chi connectivity index (χ4n) is 1.89. The van der Waals surface area contributed by atoms with E-state index in [1.54, 1.807) is 0 Å². The van der Waals surface area contributed by atoms with Gasteiger partial charge >= 0.3 is 0 Å². The van der Waals surface area contributed by atoms with Crippen molar-refractivity contribution in [2.45, 2.75) is 12.5 Å². The van der Waals surface area contributed by atoms with E-state index in [-0.39, 0.29) is 6.04 Å². The summed E-state index contributed by atoms with van der Waals surface area (Å²) in [5, 5.41) is 9.09. The summed E-state index contributed by atoms with van der Waals surface area (Å²) in [6.07, 6.45) is 0.997. The summed E-state index contributed by atoms with van der Waals surface area (Å²) in [6, 6.07) is 8.27. The maximum atomic E-state index is 9.09. The van der Waals surface area contributed by atoms with Gasteiger partial charge in [0.1, 0.15) is 6.07 Å². The van der Waals surface area contributed by atoms with Gasteiger partial charge in [-0.25, -0.2) is 0 Å². The minimum Gasteiger partial charge on any atom is -0.369 e. The molecule has 0 aromatic heterocycles. The normalized spacial score (nSPS) is 20.3. The number of benzene rings is 1. The van der Waals surface area contributed by atoms with Crippen molar-refractivity contribution in [1.82, 2.24) is 0 Å². The van der Waals surface area contributed by atoms with Crippen molar-refractivity contribution in [1.29, 1.82) is 5.26 Å². The molecule has 1 aliphatic heterocycles. The van der Waals surface area contributed by atoms with Crippen molar-refractivity contribution >= 4 is 21.6 Å². The fraction of sp³-hybridized carbons (Fsp3) is 0.364. The third kappa shape index (κ3) is 1.99. The number of halogens is 1. The lowest BCUT2D eigenvalue weighted by Gasteiger charge is -2.19. The summed E-state index contributed by atoms with van der Waals surface area (Å²) in [7, 11) is 0. The summed E-state index contributed by atoms with van der Waals surface area (Å²) in [6.45, 7) is 1.78. The molecule has 0 spiro atoms. The highest BCUT2D eigenvalue weighted by atomic mass is 79.9. The van der Waals surface area contributed by atoms with Crippen molar-refractivity contribution in [2.75, 3.05) is 18.0 Å². The lowest BCUT2D eigenvalue weighted by atomic mass is 10.2. The molecule has 78 valence electrons. The predicted molar refractivity (Wildman–Crippen MR) is 63.7 cm³/mol. The van der Waals surface area contributed by atoms with Crippen LogP contribution in [-0.4, -0.2) is 19.1 Å². The van der Waals surface area contributed by atoms with E-state index in [1.165, 1.54) is 0 Å². The first-order valence-corrected chi connectivity index (χ1v) is 5.71. The largest absolute Gasteiger partial charge is 0.369 e. The third-order valence-electron chi connectivity index (χ3n) is 2.67. The van der Waals surface area contributed by atoms with Gasteiger partial charge in [0, 0.05) is 23.6 Å². The van der Waals surface area contributed by atoms with E-state index in [0.29, 0.717) is 5.56 Å². The highest BCUT2D eigenvalue weighted by Crippen LogP contribution is 2.29. The number of nitrogens with zero attached hydrogens (tertiary/aromatic N) is 2. The van der Waals surface area contributed by atoms with E-state index in [0.717, 1.165) is 29.7 Å². The zero-order valence-electron chi connectivity index (χ0n) is 8.28. The van der Waals surface area contributed by atoms with E-state index in [4.69, 9.17) is 11.0 Å². The van der Waals surface area contributed by atoms with Gasteiger partial charge in [-0.05, 0) is 34.5 Å². The molecule has 1 saturated heterocycles. The van der Waals surface area contributed by atoms with Gasteiger partial charge in [0.25, 0.3) is 0 Å². The number of anilines is 1. The van der Waals surface area contributed by atoms with Gasteiger partial charge in [-0.3, -0.25) is 0 Å². The van der Waals surface area contributed by atoms with Gasteiger partial charge in [-0.1, -0.05) is 6.07 Å². The summed E-state index contributed by atoms with van der Waals surface area (Å²) in [5.74, 6) is 0. The quantitative estimate of drug-likeness (QED) is 0.844. The van der Waals surface area contributed by atoms with Crippen LogP contribution in [0, 0.1) is 11.3 Å². The van der Waals surface area contributed by atoms with Crippen molar-refractivity contribution in [3.05, 3.63) is 28.2 Å². The average Bonchev–Trinajstić information content (AvgIpc) is 2.64. The van der Waals surface area contributed by atoms with Crippen LogP contribution >= 0.6 is 15.9 Å². The van der Waals surface area contributed by atoms with Gasteiger partial charge < -0.3 is 10.6 Å². The number of rotatable bonds is 1. The smallest absolute Gasteiger partial charge is 0.103 e. The van der Waals surface area contributed by atoms with Crippen LogP contribution in [0.4, 0.5) is 5.69 Å². The lowest BCUT2D eigenvalue weighted by Crippen LogP contribution is -2.26. The summed E-state index contributed by atoms with van der Waals surface area (Å²) in [5.41, 5.74) is 7.54. The summed E-state index contributed by atoms with van der Waals surface area (Å²) < 4.78 is 0.850. The highest BCUT2D eigenvalue weighted by molar-refractivity contribution is 9.10. The Morgan fingerprint density at radius 1 is 1.53 bits per heavy atom. The number of hydrogen-bond acceptors (Lipinski definition) is 3. The van der Waals surface area contributed by atoms with Crippen molar-refractivity contribution in [2.24, 2.45) is 5.73 Å². The Labute approximate surface area is 97.6 Å². The van der Waals surface area contributed by atoms with Crippen molar-refractivity contribution < 1.29 is 0 Å². The van der Waals surface area contributed by atoms with Gasteiger partial charge in [0.05, 0.1) is 11.3 Å². The Morgan fingerprint density at radius 3 is 2.93 bits per heavy atom. The second-order valence-electron chi connectivity index (χ2n) is 3.74. The molecule has 1 aliphatic rings. The van der Waals surface area contributed by atoms with Crippen molar-refractivity contribution in [3.8, 4) is 6.07 Å². The van der Waals surface area contributed by atoms with Crippen LogP contribution in [0.1, 0.15) is 12.0 Å². The molecule has 0 bridgehead atoms. The maximum absolute atomic E-state index is 9.09. The molecule has 1 heterocycles. The molecule has 4 heteroatoms. The van der Waals surface area contributed by atoms with E-state index in [2.05, 4.69) is 26.9 Å². The minimum atomic E-state index is 0.232. The number of nitrogens with two attached hydrogens (primary N) is 1. The Hall–Kier alpha value is -1.05. The molecule has 1 aromatic rings. The topological polar surface area (TPSA) is 53.0 Å². The Morgan fingerprint density at radius 2 is 2.33 bits per heavy atom. The van der Waals surface area contributed by atoms with Crippen LogP contribution in [0.5, 0.6) is 0 Å². The Bertz CT molecular complexity index is 411. The van der Waals surface area contributed by atoms with Crippen molar-refractivity contribution in [3.63, 3.8) is 0 Å². The second-order valence-corrected chi connectivity index (χ2v) is 4.59. The molecule has 2 N–H and O–H groups in total. The number of nitriles is 1. The molecular weight excluding hydrogens is 254 g/mol. The first-order chi connectivity index (χ1) is 7.22. The standard InChI is InChI=1S/C11H12BrN3/c12-10-2-1-3-11(9(10)6-13)15-5-4-8(14)7-15/h1-3,8H,4-5,7,14H2/t8-/m1/s1. The summed E-state index contributed by atoms with van der Waals surface area (Å²) in [4.78, 5) is 2.17. The molecule has 2 rings (SSSR count). The Balaban J connectivity index is 2.36. The average molecular weight is 266 g/mol. The molecule has 0 amide bonds. The molecule has 1 aromatic carbocycles.